The Bertz CT molecular complexity index is 1400. The number of nitrogens with one attached hydrogen (secondary N) is 1. The maximum absolute atomic E-state index is 14.1. The van der Waals surface area contributed by atoms with Crippen LogP contribution in [0.5, 0.6) is 0 Å². The van der Waals surface area contributed by atoms with Gasteiger partial charge in [-0.15, -0.1) is 11.6 Å². The summed E-state index contributed by atoms with van der Waals surface area (Å²) in [5.41, 5.74) is 4.96. The van der Waals surface area contributed by atoms with E-state index in [4.69, 9.17) is 11.6 Å². The molecule has 0 unspecified atom stereocenters. The van der Waals surface area contributed by atoms with Crippen LogP contribution >= 0.6 is 11.6 Å². The van der Waals surface area contributed by atoms with Crippen molar-refractivity contribution in [3.05, 3.63) is 89.0 Å². The fourth-order valence-corrected chi connectivity index (χ4v) is 8.55. The highest BCUT2D eigenvalue weighted by Crippen LogP contribution is 2.50. The van der Waals surface area contributed by atoms with Crippen molar-refractivity contribution in [1.82, 2.24) is 0 Å². The van der Waals surface area contributed by atoms with E-state index >= 15 is 0 Å². The lowest BCUT2D eigenvalue weighted by atomic mass is 9.68. The molecule has 3 aromatic rings. The molecule has 0 aliphatic carbocycles. The van der Waals surface area contributed by atoms with E-state index in [2.05, 4.69) is 37.4 Å². The van der Waals surface area contributed by atoms with E-state index in [9.17, 15) is 13.5 Å². The zero-order valence-corrected chi connectivity index (χ0v) is 26.4. The molecule has 2 atom stereocenters. The second kappa shape index (κ2) is 13.6. The van der Waals surface area contributed by atoms with E-state index in [0.29, 0.717) is 35.7 Å². The minimum atomic E-state index is -3.63. The summed E-state index contributed by atoms with van der Waals surface area (Å²) in [5.74, 6) is -0.00693. The maximum atomic E-state index is 14.1. The Kier molecular flexibility index (Phi) is 10.4. The summed E-state index contributed by atoms with van der Waals surface area (Å²) in [6.07, 6.45) is 4.20. The standard InChI is InChI=1S/C34H45ClN2O3S/c1-5-7-18-34(19-8-6-2)24-41(39,40)31-17-16-29(37(3)4)21-30(31)32(33(34)38)27-10-9-11-28(20-27)36-23-26-14-12-25(22-35)13-15-26/h9-17,20-21,32-33,36,38H,5-8,18-19,22-24H2,1-4H3/t32-,33-/m1/s1. The van der Waals surface area contributed by atoms with Gasteiger partial charge in [0.15, 0.2) is 9.84 Å². The number of nitrogens with zero attached hydrogens (tertiary/aromatic N) is 1. The Morgan fingerprint density at radius 1 is 0.951 bits per heavy atom. The van der Waals surface area contributed by atoms with Crippen molar-refractivity contribution >= 4 is 32.8 Å². The topological polar surface area (TPSA) is 69.6 Å². The molecule has 222 valence electrons. The van der Waals surface area contributed by atoms with Crippen LogP contribution < -0.4 is 10.2 Å². The Morgan fingerprint density at radius 3 is 2.22 bits per heavy atom. The van der Waals surface area contributed by atoms with Crippen LogP contribution in [0.3, 0.4) is 0 Å². The molecule has 0 fully saturated rings. The predicted octanol–water partition coefficient (Wildman–Crippen LogP) is 7.75. The highest BCUT2D eigenvalue weighted by molar-refractivity contribution is 7.91. The third-order valence-electron chi connectivity index (χ3n) is 8.58. The number of sulfone groups is 1. The maximum Gasteiger partial charge on any atom is 0.179 e. The normalized spacial score (nSPS) is 19.3. The van der Waals surface area contributed by atoms with Crippen molar-refractivity contribution in [3.8, 4) is 0 Å². The molecule has 2 N–H and O–H groups in total. The number of hydrogen-bond donors (Lipinski definition) is 2. The van der Waals surface area contributed by atoms with Gasteiger partial charge < -0.3 is 15.3 Å². The molecule has 1 heterocycles. The Hall–Kier alpha value is -2.54. The van der Waals surface area contributed by atoms with E-state index in [1.807, 2.05) is 61.5 Å². The van der Waals surface area contributed by atoms with Gasteiger partial charge in [0.2, 0.25) is 0 Å². The number of aliphatic hydroxyl groups excluding tert-OH is 1. The molecule has 1 aliphatic rings. The van der Waals surface area contributed by atoms with E-state index < -0.39 is 27.3 Å². The lowest BCUT2D eigenvalue weighted by molar-refractivity contribution is 0.0127. The summed E-state index contributed by atoms with van der Waals surface area (Å²) in [7, 11) is 0.279. The van der Waals surface area contributed by atoms with Crippen LogP contribution in [0.4, 0.5) is 11.4 Å². The quantitative estimate of drug-likeness (QED) is 0.209. The van der Waals surface area contributed by atoms with E-state index in [1.165, 1.54) is 0 Å². The number of unbranched alkanes of at least 4 members (excludes halogenated alkanes) is 2. The SMILES string of the molecule is CCCCC1(CCCC)CS(=O)(=O)c2ccc(N(C)C)cc2[C@@H](c2cccc(NCc3ccc(CCl)cc3)c2)[C@H]1O. The molecule has 4 rings (SSSR count). The van der Waals surface area contributed by atoms with Crippen LogP contribution in [0.25, 0.3) is 0 Å². The largest absolute Gasteiger partial charge is 0.392 e. The number of rotatable bonds is 12. The molecule has 0 aromatic heterocycles. The van der Waals surface area contributed by atoms with Gasteiger partial charge in [0, 0.05) is 49.2 Å². The van der Waals surface area contributed by atoms with Crippen LogP contribution in [0.2, 0.25) is 0 Å². The second-order valence-corrected chi connectivity index (χ2v) is 14.0. The zero-order chi connectivity index (χ0) is 29.6. The first-order valence-corrected chi connectivity index (χ1v) is 17.0. The first-order chi connectivity index (χ1) is 19.6. The lowest BCUT2D eigenvalue weighted by Gasteiger charge is -2.40. The summed E-state index contributed by atoms with van der Waals surface area (Å²) in [4.78, 5) is 2.33. The fourth-order valence-electron chi connectivity index (χ4n) is 6.18. The lowest BCUT2D eigenvalue weighted by Crippen LogP contribution is -2.43. The molecule has 0 bridgehead atoms. The molecule has 3 aromatic carbocycles. The first kappa shape index (κ1) is 31.4. The van der Waals surface area contributed by atoms with Crippen molar-refractivity contribution in [3.63, 3.8) is 0 Å². The Balaban J connectivity index is 1.81. The molecule has 0 amide bonds. The third-order valence-corrected chi connectivity index (χ3v) is 10.9. The van der Waals surface area contributed by atoms with Gasteiger partial charge in [-0.25, -0.2) is 8.42 Å². The first-order valence-electron chi connectivity index (χ1n) is 14.8. The fraction of sp³-hybridized carbons (Fsp3) is 0.471. The van der Waals surface area contributed by atoms with Crippen LogP contribution in [0.15, 0.2) is 71.6 Å². The zero-order valence-electron chi connectivity index (χ0n) is 24.9. The molecule has 41 heavy (non-hydrogen) atoms. The number of anilines is 2. The molecule has 0 saturated carbocycles. The van der Waals surface area contributed by atoms with E-state index in [-0.39, 0.29) is 5.75 Å². The van der Waals surface area contributed by atoms with Crippen molar-refractivity contribution in [1.29, 1.82) is 0 Å². The van der Waals surface area contributed by atoms with Gasteiger partial charge in [-0.1, -0.05) is 75.9 Å². The molecule has 0 spiro atoms. The number of halogens is 1. The summed E-state index contributed by atoms with van der Waals surface area (Å²) >= 11 is 5.95. The Labute approximate surface area is 251 Å². The highest BCUT2D eigenvalue weighted by atomic mass is 35.5. The van der Waals surface area contributed by atoms with Gasteiger partial charge in [0.05, 0.1) is 16.8 Å². The number of fused-ring (bicyclic) bond motifs is 1. The summed E-state index contributed by atoms with van der Waals surface area (Å²) in [5, 5.41) is 15.9. The van der Waals surface area contributed by atoms with Crippen molar-refractivity contribution < 1.29 is 13.5 Å². The molecule has 7 heteroatoms. The highest BCUT2D eigenvalue weighted by Gasteiger charge is 2.49. The minimum Gasteiger partial charge on any atom is -0.392 e. The van der Waals surface area contributed by atoms with Crippen molar-refractivity contribution in [2.24, 2.45) is 5.41 Å². The summed E-state index contributed by atoms with van der Waals surface area (Å²) in [6, 6.07) is 21.9. The summed E-state index contributed by atoms with van der Waals surface area (Å²) in [6.45, 7) is 4.89. The number of alkyl halides is 1. The Morgan fingerprint density at radius 2 is 1.61 bits per heavy atom. The molecule has 0 saturated heterocycles. The van der Waals surface area contributed by atoms with Crippen molar-refractivity contribution in [2.75, 3.05) is 30.1 Å². The average molecular weight is 597 g/mol. The summed E-state index contributed by atoms with van der Waals surface area (Å²) < 4.78 is 28.1. The monoisotopic (exact) mass is 596 g/mol. The second-order valence-electron chi connectivity index (χ2n) is 11.8. The smallest absolute Gasteiger partial charge is 0.179 e. The molecule has 1 aliphatic heterocycles. The van der Waals surface area contributed by atoms with Crippen LogP contribution in [0.1, 0.15) is 80.5 Å². The van der Waals surface area contributed by atoms with E-state index in [0.717, 1.165) is 53.7 Å². The minimum absolute atomic E-state index is 0.0256. The molecular weight excluding hydrogens is 552 g/mol. The van der Waals surface area contributed by atoms with Gasteiger partial charge in [-0.3, -0.25) is 0 Å². The van der Waals surface area contributed by atoms with Gasteiger partial charge >= 0.3 is 0 Å². The van der Waals surface area contributed by atoms with E-state index in [1.54, 1.807) is 6.07 Å². The number of hydrogen-bond acceptors (Lipinski definition) is 5. The van der Waals surface area contributed by atoms with Crippen LogP contribution in [-0.4, -0.2) is 39.5 Å². The predicted molar refractivity (Wildman–Crippen MR) is 172 cm³/mol. The third kappa shape index (κ3) is 7.10. The van der Waals surface area contributed by atoms with Crippen LogP contribution in [-0.2, 0) is 22.3 Å². The van der Waals surface area contributed by atoms with Gasteiger partial charge in [0.25, 0.3) is 0 Å². The number of benzene rings is 3. The number of aliphatic hydroxyl groups is 1. The van der Waals surface area contributed by atoms with Gasteiger partial charge in [0.1, 0.15) is 0 Å². The van der Waals surface area contributed by atoms with Crippen LogP contribution in [0, 0.1) is 5.41 Å². The molecule has 0 radical (unpaired) electrons. The average Bonchev–Trinajstić information content (AvgIpc) is 3.04. The molecule has 5 nitrogen and oxygen atoms in total. The molecular formula is C34H45ClN2O3S. The van der Waals surface area contributed by atoms with Gasteiger partial charge in [-0.2, -0.15) is 0 Å². The van der Waals surface area contributed by atoms with Crippen molar-refractivity contribution in [2.45, 2.75) is 81.7 Å². The van der Waals surface area contributed by atoms with Gasteiger partial charge in [-0.05, 0) is 65.4 Å².